The molecular formula is C18H39N5O2. The van der Waals surface area contributed by atoms with Gasteiger partial charge in [-0.25, -0.2) is 0 Å². The van der Waals surface area contributed by atoms with E-state index in [4.69, 9.17) is 9.47 Å². The second-order valence-corrected chi connectivity index (χ2v) is 7.73. The van der Waals surface area contributed by atoms with E-state index in [0.29, 0.717) is 24.2 Å². The Bertz CT molecular complexity index is 373. The van der Waals surface area contributed by atoms with Gasteiger partial charge in [-0.05, 0) is 59.2 Å². The number of methoxy groups -OCH3 is 1. The van der Waals surface area contributed by atoms with Crippen LogP contribution in [-0.2, 0) is 9.47 Å². The zero-order valence-electron chi connectivity index (χ0n) is 16.6. The molecule has 148 valence electrons. The zero-order valence-corrected chi connectivity index (χ0v) is 16.6. The SMILES string of the molecule is CNCC(C)COC1CC(NC2NC(C)CC(NC)N2)CCC1OC. The first-order valence-electron chi connectivity index (χ1n) is 9.80. The Kier molecular flexibility index (Phi) is 9.06. The average molecular weight is 358 g/mol. The fourth-order valence-corrected chi connectivity index (χ4v) is 3.95. The van der Waals surface area contributed by atoms with E-state index in [2.05, 4.69) is 40.4 Å². The fraction of sp³-hybridized carbons (Fsp3) is 1.00. The van der Waals surface area contributed by atoms with Gasteiger partial charge >= 0.3 is 0 Å². The van der Waals surface area contributed by atoms with Crippen LogP contribution in [0, 0.1) is 5.92 Å². The quantitative estimate of drug-likeness (QED) is 0.403. The summed E-state index contributed by atoms with van der Waals surface area (Å²) in [6.07, 6.45) is 5.07. The third-order valence-electron chi connectivity index (χ3n) is 5.34. The Morgan fingerprint density at radius 3 is 2.60 bits per heavy atom. The molecule has 2 fully saturated rings. The largest absolute Gasteiger partial charge is 0.379 e. The topological polar surface area (TPSA) is 78.6 Å². The number of rotatable bonds is 9. The van der Waals surface area contributed by atoms with Crippen molar-refractivity contribution < 1.29 is 9.47 Å². The highest BCUT2D eigenvalue weighted by Crippen LogP contribution is 2.25. The Labute approximate surface area is 153 Å². The summed E-state index contributed by atoms with van der Waals surface area (Å²) in [6.45, 7) is 6.20. The van der Waals surface area contributed by atoms with Crippen molar-refractivity contribution in [3.8, 4) is 0 Å². The molecule has 7 unspecified atom stereocenters. The van der Waals surface area contributed by atoms with Crippen molar-refractivity contribution in [2.45, 2.75) is 76.3 Å². The van der Waals surface area contributed by atoms with Crippen LogP contribution < -0.4 is 26.6 Å². The lowest BCUT2D eigenvalue weighted by molar-refractivity contribution is -0.0909. The van der Waals surface area contributed by atoms with E-state index < -0.39 is 0 Å². The van der Waals surface area contributed by atoms with Crippen LogP contribution in [-0.4, -0.2) is 71.1 Å². The molecule has 2 aliphatic rings. The summed E-state index contributed by atoms with van der Waals surface area (Å²) >= 11 is 0. The summed E-state index contributed by atoms with van der Waals surface area (Å²) < 4.78 is 11.9. The van der Waals surface area contributed by atoms with E-state index >= 15 is 0 Å². The van der Waals surface area contributed by atoms with E-state index in [1.54, 1.807) is 7.11 Å². The van der Waals surface area contributed by atoms with Gasteiger partial charge < -0.3 is 20.1 Å². The maximum Gasteiger partial charge on any atom is 0.113 e. The molecule has 7 nitrogen and oxygen atoms in total. The molecule has 0 radical (unpaired) electrons. The Hall–Kier alpha value is -0.280. The highest BCUT2D eigenvalue weighted by Gasteiger charge is 2.34. The lowest BCUT2D eigenvalue weighted by Gasteiger charge is -2.41. The molecule has 1 heterocycles. The standard InChI is InChI=1S/C18H39N5O2/c1-12(10-19-3)11-25-16-9-14(6-7-15(16)24-5)22-18-21-13(2)8-17(20-4)23-18/h12-23H,6-11H2,1-5H3. The van der Waals surface area contributed by atoms with Gasteiger partial charge in [0.1, 0.15) is 6.29 Å². The Morgan fingerprint density at radius 1 is 1.12 bits per heavy atom. The van der Waals surface area contributed by atoms with Crippen LogP contribution in [0.3, 0.4) is 0 Å². The van der Waals surface area contributed by atoms with Gasteiger partial charge in [-0.2, -0.15) is 0 Å². The molecule has 1 saturated heterocycles. The minimum atomic E-state index is 0.133. The molecule has 1 aliphatic carbocycles. The first-order valence-corrected chi connectivity index (χ1v) is 9.80. The number of hydrogen-bond donors (Lipinski definition) is 5. The molecule has 1 aliphatic heterocycles. The number of ether oxygens (including phenoxy) is 2. The van der Waals surface area contributed by atoms with Gasteiger partial charge in [0.2, 0.25) is 0 Å². The third-order valence-corrected chi connectivity index (χ3v) is 5.34. The van der Waals surface area contributed by atoms with Crippen molar-refractivity contribution in [2.75, 3.05) is 34.4 Å². The van der Waals surface area contributed by atoms with E-state index in [-0.39, 0.29) is 18.5 Å². The van der Waals surface area contributed by atoms with Gasteiger partial charge in [-0.15, -0.1) is 0 Å². The summed E-state index contributed by atoms with van der Waals surface area (Å²) in [4.78, 5) is 0. The Balaban J connectivity index is 1.83. The second-order valence-electron chi connectivity index (χ2n) is 7.73. The molecule has 2 rings (SSSR count). The molecule has 5 N–H and O–H groups in total. The maximum atomic E-state index is 6.23. The predicted molar refractivity (Wildman–Crippen MR) is 101 cm³/mol. The molecule has 0 aromatic carbocycles. The average Bonchev–Trinajstić information content (AvgIpc) is 2.60. The molecule has 25 heavy (non-hydrogen) atoms. The molecular weight excluding hydrogens is 318 g/mol. The van der Waals surface area contributed by atoms with Gasteiger partial charge in [-0.3, -0.25) is 16.0 Å². The highest BCUT2D eigenvalue weighted by atomic mass is 16.5. The summed E-state index contributed by atoms with van der Waals surface area (Å²) in [5, 5.41) is 17.4. The molecule has 0 aromatic rings. The second kappa shape index (κ2) is 10.8. The Morgan fingerprint density at radius 2 is 1.92 bits per heavy atom. The number of nitrogens with one attached hydrogen (secondary N) is 5. The van der Waals surface area contributed by atoms with Crippen LogP contribution in [0.2, 0.25) is 0 Å². The lowest BCUT2D eigenvalue weighted by atomic mass is 9.90. The first-order chi connectivity index (χ1) is 12.0. The molecule has 0 bridgehead atoms. The van der Waals surface area contributed by atoms with E-state index in [0.717, 1.165) is 38.8 Å². The van der Waals surface area contributed by atoms with Gasteiger partial charge in [0.25, 0.3) is 0 Å². The molecule has 1 saturated carbocycles. The van der Waals surface area contributed by atoms with Gasteiger partial charge in [0.05, 0.1) is 25.0 Å². The van der Waals surface area contributed by atoms with E-state index in [1.165, 1.54) is 0 Å². The van der Waals surface area contributed by atoms with Crippen molar-refractivity contribution in [3.05, 3.63) is 0 Å². The summed E-state index contributed by atoms with van der Waals surface area (Å²) in [5.41, 5.74) is 0. The van der Waals surface area contributed by atoms with Crippen LogP contribution in [0.1, 0.15) is 39.5 Å². The smallest absolute Gasteiger partial charge is 0.113 e. The number of hydrogen-bond acceptors (Lipinski definition) is 7. The van der Waals surface area contributed by atoms with Crippen LogP contribution in [0.4, 0.5) is 0 Å². The molecule has 0 aromatic heterocycles. The minimum Gasteiger partial charge on any atom is -0.379 e. The highest BCUT2D eigenvalue weighted by molar-refractivity contribution is 4.89. The minimum absolute atomic E-state index is 0.133. The maximum absolute atomic E-state index is 6.23. The molecule has 7 atom stereocenters. The molecule has 0 amide bonds. The van der Waals surface area contributed by atoms with Gasteiger partial charge in [0, 0.05) is 19.2 Å². The lowest BCUT2D eigenvalue weighted by Crippen LogP contribution is -2.68. The fourth-order valence-electron chi connectivity index (χ4n) is 3.95. The third kappa shape index (κ3) is 6.75. The van der Waals surface area contributed by atoms with Gasteiger partial charge in [0.15, 0.2) is 0 Å². The van der Waals surface area contributed by atoms with Crippen LogP contribution in [0.5, 0.6) is 0 Å². The zero-order chi connectivity index (χ0) is 18.2. The van der Waals surface area contributed by atoms with Crippen molar-refractivity contribution in [1.82, 2.24) is 26.6 Å². The van der Waals surface area contributed by atoms with Gasteiger partial charge in [-0.1, -0.05) is 6.92 Å². The van der Waals surface area contributed by atoms with Crippen molar-refractivity contribution in [2.24, 2.45) is 5.92 Å². The summed E-state index contributed by atoms with van der Waals surface area (Å²) in [5.74, 6) is 0.509. The molecule has 7 heteroatoms. The summed E-state index contributed by atoms with van der Waals surface area (Å²) in [7, 11) is 5.79. The van der Waals surface area contributed by atoms with Crippen molar-refractivity contribution in [3.63, 3.8) is 0 Å². The molecule has 0 spiro atoms. The van der Waals surface area contributed by atoms with Crippen LogP contribution in [0.15, 0.2) is 0 Å². The predicted octanol–water partition coefficient (Wildman–Crippen LogP) is 0.185. The van der Waals surface area contributed by atoms with Crippen molar-refractivity contribution in [1.29, 1.82) is 0 Å². The van der Waals surface area contributed by atoms with Crippen LogP contribution >= 0.6 is 0 Å². The first kappa shape index (κ1) is 21.0. The monoisotopic (exact) mass is 357 g/mol. The van der Waals surface area contributed by atoms with E-state index in [9.17, 15) is 0 Å². The normalized spacial score (nSPS) is 37.8. The van der Waals surface area contributed by atoms with Crippen molar-refractivity contribution >= 4 is 0 Å². The van der Waals surface area contributed by atoms with E-state index in [1.807, 2.05) is 14.1 Å². The summed E-state index contributed by atoms with van der Waals surface area (Å²) in [6, 6.07) is 0.921. The van der Waals surface area contributed by atoms with Crippen LogP contribution in [0.25, 0.3) is 0 Å².